The molecule has 0 nitrogen and oxygen atoms in total. The summed E-state index contributed by atoms with van der Waals surface area (Å²) < 4.78 is 0. The number of rotatable bonds is 6. The van der Waals surface area contributed by atoms with Crippen LogP contribution in [0.5, 0.6) is 0 Å². The van der Waals surface area contributed by atoms with E-state index in [0.29, 0.717) is 15.1 Å². The molecular formula is C45H69Cl3Si3Ti3. The molecular weight excluding hydrogens is 875 g/mol. The van der Waals surface area contributed by atoms with E-state index >= 15 is 0 Å². The molecule has 6 rings (SSSR count). The van der Waals surface area contributed by atoms with E-state index in [0.717, 1.165) is 28.6 Å². The Hall–Kier alpha value is 1.71. The molecule has 0 unspecified atom stereocenters. The Labute approximate surface area is 405 Å². The number of hydrogen-bond acceptors (Lipinski definition) is 0. The zero-order valence-corrected chi connectivity index (χ0v) is 45.9. The monoisotopic (exact) mass is 942 g/mol. The molecule has 0 amide bonds. The third kappa shape index (κ3) is 19.0. The van der Waals surface area contributed by atoms with Gasteiger partial charge in [0.1, 0.15) is 0 Å². The zero-order valence-electron chi connectivity index (χ0n) is 36.0. The Morgan fingerprint density at radius 1 is 0.407 bits per heavy atom. The Morgan fingerprint density at radius 3 is 0.815 bits per heavy atom. The first-order valence-electron chi connectivity index (χ1n) is 19.5. The molecule has 3 aliphatic carbocycles. The van der Waals surface area contributed by atoms with Crippen LogP contribution in [0.15, 0.2) is 18.2 Å². The Morgan fingerprint density at radius 2 is 0.611 bits per heavy atom. The van der Waals surface area contributed by atoms with Crippen LogP contribution in [-0.4, -0.2) is 28.6 Å². The average molecular weight is 944 g/mol. The fourth-order valence-electron chi connectivity index (χ4n) is 7.86. The molecule has 0 bridgehead atoms. The molecule has 6 radical (unpaired) electrons. The number of fused-ring (bicyclic) bond motifs is 3. The summed E-state index contributed by atoms with van der Waals surface area (Å²) in [6.07, 6.45) is 16.4. The summed E-state index contributed by atoms with van der Waals surface area (Å²) in [5.74, 6) is 0. The molecule has 0 aliphatic heterocycles. The van der Waals surface area contributed by atoms with Gasteiger partial charge in [0.05, 0.1) is 0 Å². The normalized spacial score (nSPS) is 14.4. The maximum Gasteiger partial charge on any atom is 2.00 e. The standard InChI is InChI=1S/3C15H23Si.3ClH.3Ti/c3*1-11-9-12-7-5-6-8-13(12)14(11)10-16-15(2,3)4;;;;;;/h3*9H,5-8,10H2,1-4H3;3*1H;;;/q3*-1;;;;3*+2/p-3. The van der Waals surface area contributed by atoms with E-state index in [9.17, 15) is 0 Å². The zero-order chi connectivity index (χ0) is 35.3. The minimum Gasteiger partial charge on any atom is -1.00 e. The summed E-state index contributed by atoms with van der Waals surface area (Å²) in [7, 11) is 3.16. The molecule has 0 saturated carbocycles. The first kappa shape index (κ1) is 60.0. The van der Waals surface area contributed by atoms with Crippen molar-refractivity contribution in [2.24, 2.45) is 0 Å². The van der Waals surface area contributed by atoms with Gasteiger partial charge in [0.2, 0.25) is 0 Å². The van der Waals surface area contributed by atoms with Crippen LogP contribution in [0.4, 0.5) is 0 Å². The van der Waals surface area contributed by atoms with Gasteiger partial charge >= 0.3 is 65.2 Å². The molecule has 3 aliphatic rings. The maximum absolute atomic E-state index is 2.46. The van der Waals surface area contributed by atoms with Crippen molar-refractivity contribution in [2.45, 2.75) is 193 Å². The predicted molar refractivity (Wildman–Crippen MR) is 218 cm³/mol. The largest absolute Gasteiger partial charge is 2.00 e. The first-order valence-corrected chi connectivity index (χ1v) is 23.1. The molecule has 3 aromatic rings. The average Bonchev–Trinajstić information content (AvgIpc) is 3.61. The van der Waals surface area contributed by atoms with Gasteiger partial charge in [-0.25, -0.2) is 18.2 Å². The SMILES string of the molecule is Cc1cc2c([c-]1C[Si]C(C)(C)C)CCCC2.Cc1cc2c([c-]1C[Si]C(C)(C)C)CCCC2.Cc1cc2c([c-]1C[Si]C(C)(C)C)CCCC2.[Cl-].[Cl-].[Cl-].[Ti+2].[Ti+2].[Ti+2]. The van der Waals surface area contributed by atoms with Crippen molar-refractivity contribution in [1.29, 1.82) is 0 Å². The van der Waals surface area contributed by atoms with Crippen LogP contribution in [0.2, 0.25) is 15.1 Å². The van der Waals surface area contributed by atoms with Crippen LogP contribution < -0.4 is 37.2 Å². The maximum atomic E-state index is 2.46. The second kappa shape index (κ2) is 26.8. The Bertz CT molecular complexity index is 1310. The van der Waals surface area contributed by atoms with Crippen molar-refractivity contribution >= 4 is 28.6 Å². The third-order valence-electron chi connectivity index (χ3n) is 10.6. The van der Waals surface area contributed by atoms with Crippen LogP contribution in [0, 0.1) is 20.8 Å². The summed E-state index contributed by atoms with van der Waals surface area (Å²) in [4.78, 5) is 0. The molecule has 0 atom stereocenters. The summed E-state index contributed by atoms with van der Waals surface area (Å²) in [6, 6.07) is 11.3. The Kier molecular flexibility index (Phi) is 29.8. The summed E-state index contributed by atoms with van der Waals surface area (Å²) in [6.45, 7) is 28.1. The van der Waals surface area contributed by atoms with E-state index in [1.165, 1.54) is 95.2 Å². The van der Waals surface area contributed by atoms with E-state index < -0.39 is 0 Å². The molecule has 0 fully saturated rings. The third-order valence-corrected chi connectivity index (χ3v) is 15.4. The van der Waals surface area contributed by atoms with E-state index in [-0.39, 0.29) is 102 Å². The molecule has 9 heteroatoms. The van der Waals surface area contributed by atoms with Gasteiger partial charge in [-0.1, -0.05) is 178 Å². The van der Waals surface area contributed by atoms with E-state index in [1.54, 1.807) is 66.8 Å². The van der Waals surface area contributed by atoms with Crippen molar-refractivity contribution < 1.29 is 102 Å². The molecule has 0 spiro atoms. The van der Waals surface area contributed by atoms with Gasteiger partial charge in [0.25, 0.3) is 0 Å². The van der Waals surface area contributed by atoms with Crippen LogP contribution in [0.1, 0.15) is 168 Å². The van der Waals surface area contributed by atoms with E-state index in [2.05, 4.69) is 101 Å². The molecule has 0 aromatic heterocycles. The topological polar surface area (TPSA) is 0 Å². The number of aryl methyl sites for hydroxylation is 6. The molecule has 294 valence electrons. The minimum absolute atomic E-state index is 0. The molecule has 0 saturated heterocycles. The molecule has 3 aromatic carbocycles. The van der Waals surface area contributed by atoms with E-state index in [4.69, 9.17) is 0 Å². The minimum atomic E-state index is 0. The van der Waals surface area contributed by atoms with Gasteiger partial charge in [-0.2, -0.15) is 66.8 Å². The van der Waals surface area contributed by atoms with Crippen molar-refractivity contribution in [2.75, 3.05) is 0 Å². The van der Waals surface area contributed by atoms with Crippen molar-refractivity contribution in [3.63, 3.8) is 0 Å². The fraction of sp³-hybridized carbons (Fsp3) is 0.667. The number of halogens is 3. The van der Waals surface area contributed by atoms with Crippen molar-refractivity contribution in [3.8, 4) is 0 Å². The van der Waals surface area contributed by atoms with Crippen molar-refractivity contribution in [1.82, 2.24) is 0 Å². The summed E-state index contributed by atoms with van der Waals surface area (Å²) >= 11 is 0. The van der Waals surface area contributed by atoms with Crippen LogP contribution in [0.3, 0.4) is 0 Å². The van der Waals surface area contributed by atoms with E-state index in [1.807, 2.05) is 0 Å². The van der Waals surface area contributed by atoms with Gasteiger partial charge in [0, 0.05) is 28.6 Å². The Balaban J connectivity index is -0.000000684. The van der Waals surface area contributed by atoms with Gasteiger partial charge in [-0.3, -0.25) is 0 Å². The second-order valence-electron chi connectivity index (χ2n) is 18.4. The molecule has 54 heavy (non-hydrogen) atoms. The fourth-order valence-corrected chi connectivity index (χ4v) is 11.5. The predicted octanol–water partition coefficient (Wildman–Crippen LogP) is 3.05. The second-order valence-corrected chi connectivity index (χ2v) is 25.0. The van der Waals surface area contributed by atoms with Crippen LogP contribution in [0.25, 0.3) is 0 Å². The quantitative estimate of drug-likeness (QED) is 0.264. The molecule has 0 heterocycles. The van der Waals surface area contributed by atoms with Gasteiger partial charge in [0.15, 0.2) is 0 Å². The van der Waals surface area contributed by atoms with Gasteiger partial charge in [-0.05, 0) is 15.1 Å². The van der Waals surface area contributed by atoms with Crippen LogP contribution >= 0.6 is 0 Å². The van der Waals surface area contributed by atoms with Gasteiger partial charge in [-0.15, -0.1) is 0 Å². The van der Waals surface area contributed by atoms with Gasteiger partial charge < -0.3 is 37.2 Å². The number of hydrogen-bond donors (Lipinski definition) is 0. The first-order chi connectivity index (χ1) is 22.4. The summed E-state index contributed by atoms with van der Waals surface area (Å²) in [5.41, 5.74) is 19.9. The summed E-state index contributed by atoms with van der Waals surface area (Å²) in [5, 5.41) is 1.47. The smallest absolute Gasteiger partial charge is 1.00 e. The van der Waals surface area contributed by atoms with Crippen LogP contribution in [-0.2, 0) is 122 Å². The van der Waals surface area contributed by atoms with Crippen molar-refractivity contribution in [3.05, 3.63) is 85.0 Å². The molecule has 0 N–H and O–H groups in total.